The first-order valence-electron chi connectivity index (χ1n) is 14.2. The number of aliphatic hydroxyl groups is 2. The van der Waals surface area contributed by atoms with Crippen LogP contribution in [0.5, 0.6) is 5.75 Å². The molecule has 1 amide bonds. The number of Topliss-reactive ketones (excluding diaryl/α,β-unsaturated/α-hetero) is 2. The average Bonchev–Trinajstić information content (AvgIpc) is 3.42. The van der Waals surface area contributed by atoms with Crippen LogP contribution in [0.4, 0.5) is 0 Å². The Morgan fingerprint density at radius 2 is 1.68 bits per heavy atom. The van der Waals surface area contributed by atoms with Gasteiger partial charge in [0.05, 0.1) is 17.5 Å². The number of phenolic OH excluding ortho intramolecular Hbond substituents is 1. The van der Waals surface area contributed by atoms with Crippen LogP contribution in [0.2, 0.25) is 0 Å². The van der Waals surface area contributed by atoms with Crippen LogP contribution < -0.4 is 5.73 Å². The van der Waals surface area contributed by atoms with E-state index in [1.165, 1.54) is 24.5 Å². The molecule has 0 radical (unpaired) electrons. The van der Waals surface area contributed by atoms with E-state index in [2.05, 4.69) is 17.0 Å². The van der Waals surface area contributed by atoms with Crippen LogP contribution in [0.1, 0.15) is 36.0 Å². The predicted octanol–water partition coefficient (Wildman–Crippen LogP) is 3.11. The summed E-state index contributed by atoms with van der Waals surface area (Å²) in [6.45, 7) is 3.12. The first-order chi connectivity index (χ1) is 19.6. The molecule has 41 heavy (non-hydrogen) atoms. The molecule has 0 aromatic heterocycles. The van der Waals surface area contributed by atoms with E-state index in [0.29, 0.717) is 12.8 Å². The number of likely N-dealkylation sites (N-methyl/N-ethyl adjacent to an activating group) is 1. The number of nitrogens with two attached hydrogens (primary N) is 1. The number of benzene rings is 2. The summed E-state index contributed by atoms with van der Waals surface area (Å²) in [5.41, 5.74) is 8.90. The number of carbonyl (C=O) groups excluding carboxylic acids is 3. The smallest absolute Gasteiger partial charge is 0.255 e. The van der Waals surface area contributed by atoms with E-state index >= 15 is 0 Å². The van der Waals surface area contributed by atoms with Gasteiger partial charge in [-0.25, -0.2) is 0 Å². The highest BCUT2D eigenvalue weighted by Crippen LogP contribution is 2.51. The number of aromatic hydroxyl groups is 1. The van der Waals surface area contributed by atoms with E-state index in [1.54, 1.807) is 19.0 Å². The van der Waals surface area contributed by atoms with Gasteiger partial charge in [0.1, 0.15) is 22.8 Å². The number of primary amides is 1. The van der Waals surface area contributed by atoms with Gasteiger partial charge in [0, 0.05) is 12.1 Å². The zero-order valence-electron chi connectivity index (χ0n) is 23.3. The van der Waals surface area contributed by atoms with Gasteiger partial charge in [0.2, 0.25) is 0 Å². The van der Waals surface area contributed by atoms with Crippen LogP contribution in [-0.4, -0.2) is 75.8 Å². The normalized spacial score (nSPS) is 26.3. The minimum Gasteiger partial charge on any atom is -0.510 e. The maximum absolute atomic E-state index is 13.9. The molecule has 2 aromatic carbocycles. The number of amides is 1. The zero-order chi connectivity index (χ0) is 29.2. The number of rotatable bonds is 5. The molecule has 1 saturated heterocycles. The molecule has 2 aromatic rings. The molecule has 0 bridgehead atoms. The fraction of sp³-hybridized carbons (Fsp3) is 0.406. The van der Waals surface area contributed by atoms with Crippen molar-refractivity contribution < 1.29 is 29.7 Å². The molecule has 0 spiro atoms. The van der Waals surface area contributed by atoms with Crippen LogP contribution in [0.3, 0.4) is 0 Å². The molecule has 9 nitrogen and oxygen atoms in total. The molecule has 1 unspecified atom stereocenters. The number of allylic oxidation sites excluding steroid dienone is 1. The fourth-order valence-electron chi connectivity index (χ4n) is 7.53. The Morgan fingerprint density at radius 1 is 1.00 bits per heavy atom. The van der Waals surface area contributed by atoms with Crippen molar-refractivity contribution in [1.82, 2.24) is 9.80 Å². The topological polar surface area (TPSA) is 144 Å². The van der Waals surface area contributed by atoms with Gasteiger partial charge >= 0.3 is 0 Å². The van der Waals surface area contributed by atoms with Gasteiger partial charge < -0.3 is 21.1 Å². The molecule has 4 aliphatic rings. The molecule has 6 rings (SSSR count). The maximum atomic E-state index is 13.9. The largest absolute Gasteiger partial charge is 0.510 e. The molecule has 1 saturated carbocycles. The van der Waals surface area contributed by atoms with Crippen LogP contribution >= 0.6 is 0 Å². The number of ketones is 2. The summed E-state index contributed by atoms with van der Waals surface area (Å²) in [7, 11) is 3.42. The summed E-state index contributed by atoms with van der Waals surface area (Å²) in [4.78, 5) is 43.5. The Kier molecular flexibility index (Phi) is 6.74. The summed E-state index contributed by atoms with van der Waals surface area (Å²) in [6, 6.07) is 10.9. The monoisotopic (exact) mass is 557 g/mol. The molecule has 2 fully saturated rings. The van der Waals surface area contributed by atoms with Crippen molar-refractivity contribution in [3.05, 3.63) is 70.0 Å². The van der Waals surface area contributed by atoms with Crippen LogP contribution in [0.25, 0.3) is 16.9 Å². The number of nitrogens with zero attached hydrogens (tertiary/aromatic N) is 2. The highest BCUT2D eigenvalue weighted by molar-refractivity contribution is 6.28. The van der Waals surface area contributed by atoms with Gasteiger partial charge in [-0.05, 0) is 93.0 Å². The molecule has 214 valence electrons. The van der Waals surface area contributed by atoms with E-state index in [9.17, 15) is 29.7 Å². The SMILES string of the molecule is CN(C)[C@@H]1C(O)=C(C(N)=O)C(=O)C2C(=O)C3=C(O)c4c(O)ccc(-c5ccc(CN6CCCC6)cc5)c4C[C@H]3C[C@H]21. The minimum absolute atomic E-state index is 0.0863. The van der Waals surface area contributed by atoms with Crippen LogP contribution in [0, 0.1) is 17.8 Å². The second-order valence-corrected chi connectivity index (χ2v) is 12.0. The molecule has 1 heterocycles. The number of hydrogen-bond donors (Lipinski definition) is 4. The second kappa shape index (κ2) is 10.2. The third-order valence-electron chi connectivity index (χ3n) is 9.32. The summed E-state index contributed by atoms with van der Waals surface area (Å²) < 4.78 is 0. The minimum atomic E-state index is -1.26. The lowest BCUT2D eigenvalue weighted by Crippen LogP contribution is -2.55. The van der Waals surface area contributed by atoms with Crippen molar-refractivity contribution in [3.8, 4) is 16.9 Å². The summed E-state index contributed by atoms with van der Waals surface area (Å²) in [5.74, 6) is -5.71. The summed E-state index contributed by atoms with van der Waals surface area (Å²) in [6.07, 6.45) is 3.15. The van der Waals surface area contributed by atoms with E-state index in [0.717, 1.165) is 36.3 Å². The number of carbonyl (C=O) groups is 3. The Bertz CT molecular complexity index is 1520. The zero-order valence-corrected chi connectivity index (χ0v) is 23.3. The number of phenols is 1. The van der Waals surface area contributed by atoms with Gasteiger partial charge in [-0.15, -0.1) is 0 Å². The van der Waals surface area contributed by atoms with E-state index in [-0.39, 0.29) is 22.6 Å². The van der Waals surface area contributed by atoms with Gasteiger partial charge in [-0.1, -0.05) is 30.3 Å². The maximum Gasteiger partial charge on any atom is 0.255 e. The lowest BCUT2D eigenvalue weighted by atomic mass is 9.59. The highest BCUT2D eigenvalue weighted by Gasteiger charge is 2.55. The average molecular weight is 558 g/mol. The van der Waals surface area contributed by atoms with E-state index in [4.69, 9.17) is 5.73 Å². The number of likely N-dealkylation sites (tertiary alicyclic amines) is 1. The van der Waals surface area contributed by atoms with Gasteiger partial charge in [0.15, 0.2) is 11.6 Å². The second-order valence-electron chi connectivity index (χ2n) is 12.0. The van der Waals surface area contributed by atoms with Crippen molar-refractivity contribution in [2.75, 3.05) is 27.2 Å². The number of fused-ring (bicyclic) bond motifs is 3. The molecule has 9 heteroatoms. The third kappa shape index (κ3) is 4.35. The third-order valence-corrected chi connectivity index (χ3v) is 9.32. The number of aliphatic hydroxyl groups excluding tert-OH is 2. The first kappa shape index (κ1) is 27.2. The van der Waals surface area contributed by atoms with Gasteiger partial charge in [-0.2, -0.15) is 0 Å². The van der Waals surface area contributed by atoms with Crippen LogP contribution in [0.15, 0.2) is 53.3 Å². The van der Waals surface area contributed by atoms with E-state index in [1.807, 2.05) is 18.2 Å². The standard InChI is InChI=1S/C32H35N3O6/c1-34(2)27-21-14-18-13-20-19(17-7-5-16(6-8-17)15-35-11-3-4-12-35)9-10-22(36)24(20)28(37)23(18)29(38)25(21)30(39)26(31(27)40)32(33)41/h5-10,18,21,25,27,36-37,40H,3-4,11-15H2,1-2H3,(H2,33,41)/t18-,21+,25?,27-/m0/s1. The van der Waals surface area contributed by atoms with Crippen molar-refractivity contribution >= 4 is 23.2 Å². The summed E-state index contributed by atoms with van der Waals surface area (Å²) in [5, 5.41) is 33.2. The van der Waals surface area contributed by atoms with Crippen molar-refractivity contribution in [2.24, 2.45) is 23.5 Å². The molecular formula is C32H35N3O6. The van der Waals surface area contributed by atoms with E-state index < -0.39 is 52.6 Å². The molecule has 3 aliphatic carbocycles. The highest BCUT2D eigenvalue weighted by atomic mass is 16.3. The molecule has 1 aliphatic heterocycles. The Hall–Kier alpha value is -3.95. The summed E-state index contributed by atoms with van der Waals surface area (Å²) >= 11 is 0. The first-order valence-corrected chi connectivity index (χ1v) is 14.2. The molecular weight excluding hydrogens is 522 g/mol. The lowest BCUT2D eigenvalue weighted by Gasteiger charge is -2.46. The van der Waals surface area contributed by atoms with Gasteiger partial charge in [-0.3, -0.25) is 24.2 Å². The lowest BCUT2D eigenvalue weighted by molar-refractivity contribution is -0.136. The van der Waals surface area contributed by atoms with Crippen molar-refractivity contribution in [1.29, 1.82) is 0 Å². The van der Waals surface area contributed by atoms with Crippen LogP contribution in [-0.2, 0) is 27.3 Å². The Morgan fingerprint density at radius 3 is 2.32 bits per heavy atom. The molecule has 4 atom stereocenters. The molecule has 5 N–H and O–H groups in total. The predicted molar refractivity (Wildman–Crippen MR) is 153 cm³/mol. The van der Waals surface area contributed by atoms with Crippen molar-refractivity contribution in [3.63, 3.8) is 0 Å². The Balaban J connectivity index is 1.40. The Labute approximate surface area is 238 Å². The quantitative estimate of drug-likeness (QED) is 0.324. The van der Waals surface area contributed by atoms with Crippen molar-refractivity contribution in [2.45, 2.75) is 38.3 Å². The number of hydrogen-bond acceptors (Lipinski definition) is 8. The van der Waals surface area contributed by atoms with Gasteiger partial charge in [0.25, 0.3) is 5.91 Å². The fourth-order valence-corrected chi connectivity index (χ4v) is 7.53.